The predicted molar refractivity (Wildman–Crippen MR) is 109 cm³/mol. The molecule has 0 unspecified atom stereocenters. The largest absolute Gasteiger partial charge is 0.457 e. The third kappa shape index (κ3) is 4.65. The van der Waals surface area contributed by atoms with Crippen LogP contribution in [0.3, 0.4) is 0 Å². The first-order chi connectivity index (χ1) is 13.7. The average Bonchev–Trinajstić information content (AvgIpc) is 3.04. The zero-order valence-corrected chi connectivity index (χ0v) is 16.2. The van der Waals surface area contributed by atoms with Crippen molar-refractivity contribution in [3.05, 3.63) is 53.1 Å². The predicted octanol–water partition coefficient (Wildman–Crippen LogP) is 4.85. The molecule has 5 heteroatoms. The van der Waals surface area contributed by atoms with Crippen LogP contribution in [0.25, 0.3) is 0 Å². The van der Waals surface area contributed by atoms with E-state index in [-0.39, 0.29) is 0 Å². The molecule has 2 aliphatic rings. The second-order valence-corrected chi connectivity index (χ2v) is 7.80. The molecule has 1 amide bonds. The van der Waals surface area contributed by atoms with Crippen molar-refractivity contribution in [1.82, 2.24) is 5.32 Å². The molecule has 28 heavy (non-hydrogen) atoms. The number of carbonyl (C=O) groups is 1. The van der Waals surface area contributed by atoms with Gasteiger partial charge in [-0.3, -0.25) is 0 Å². The van der Waals surface area contributed by atoms with Crippen LogP contribution in [0.15, 0.2) is 36.4 Å². The van der Waals surface area contributed by atoms with Crippen LogP contribution in [-0.4, -0.2) is 12.1 Å². The Hall–Kier alpha value is -2.53. The number of ether oxygens (including phenoxy) is 2. The first kappa shape index (κ1) is 18.8. The van der Waals surface area contributed by atoms with Gasteiger partial charge in [-0.25, -0.2) is 4.79 Å². The summed E-state index contributed by atoms with van der Waals surface area (Å²) < 4.78 is 11.1. The molecule has 1 fully saturated rings. The number of primary amides is 1. The summed E-state index contributed by atoms with van der Waals surface area (Å²) in [4.78, 5) is 11.0. The van der Waals surface area contributed by atoms with E-state index in [0.717, 1.165) is 36.4 Å². The third-order valence-corrected chi connectivity index (χ3v) is 5.71. The summed E-state index contributed by atoms with van der Waals surface area (Å²) in [6.45, 7) is 0.904. The van der Waals surface area contributed by atoms with Gasteiger partial charge in [-0.1, -0.05) is 37.8 Å². The van der Waals surface area contributed by atoms with Gasteiger partial charge in [-0.05, 0) is 66.6 Å². The Morgan fingerprint density at radius 1 is 1.00 bits per heavy atom. The van der Waals surface area contributed by atoms with Crippen molar-refractivity contribution < 1.29 is 14.3 Å². The molecule has 2 aromatic rings. The van der Waals surface area contributed by atoms with Crippen LogP contribution in [0.4, 0.5) is 4.79 Å². The number of fused-ring (bicyclic) bond motifs is 2. The minimum Gasteiger partial charge on any atom is -0.457 e. The Balaban J connectivity index is 1.43. The molecule has 0 atom stereocenters. The maximum Gasteiger partial charge on any atom is 0.409 e. The molecular weight excluding hydrogens is 352 g/mol. The van der Waals surface area contributed by atoms with Crippen LogP contribution in [0.1, 0.15) is 55.2 Å². The van der Waals surface area contributed by atoms with Crippen molar-refractivity contribution in [3.8, 4) is 17.2 Å². The zero-order valence-electron chi connectivity index (χ0n) is 16.2. The quantitative estimate of drug-likeness (QED) is 0.744. The SMILES string of the molecule is NC(=O)Oc1ccc2c(c1)CCc1cc(CNC3CCCCCC3)ccc1O2. The Labute approximate surface area is 166 Å². The Morgan fingerprint density at radius 2 is 1.68 bits per heavy atom. The fraction of sp³-hybridized carbons (Fsp3) is 0.435. The van der Waals surface area contributed by atoms with E-state index in [4.69, 9.17) is 15.2 Å². The van der Waals surface area contributed by atoms with Crippen molar-refractivity contribution in [2.45, 2.75) is 64.0 Å². The lowest BCUT2D eigenvalue weighted by Crippen LogP contribution is -2.27. The molecular formula is C23H28N2O3. The van der Waals surface area contributed by atoms with Crippen molar-refractivity contribution >= 4 is 6.09 Å². The van der Waals surface area contributed by atoms with Crippen molar-refractivity contribution in [3.63, 3.8) is 0 Å². The number of hydrogen-bond acceptors (Lipinski definition) is 4. The van der Waals surface area contributed by atoms with Gasteiger partial charge in [0.05, 0.1) is 0 Å². The Morgan fingerprint density at radius 3 is 2.39 bits per heavy atom. The summed E-state index contributed by atoms with van der Waals surface area (Å²) in [6.07, 6.45) is 8.94. The Kier molecular flexibility index (Phi) is 5.81. The molecule has 0 radical (unpaired) electrons. The van der Waals surface area contributed by atoms with Crippen LogP contribution < -0.4 is 20.5 Å². The number of benzene rings is 2. The van der Waals surface area contributed by atoms with Gasteiger partial charge >= 0.3 is 6.09 Å². The molecule has 1 aliphatic carbocycles. The van der Waals surface area contributed by atoms with E-state index in [9.17, 15) is 4.79 Å². The molecule has 2 aromatic carbocycles. The minimum absolute atomic E-state index is 0.453. The number of aryl methyl sites for hydroxylation is 2. The lowest BCUT2D eigenvalue weighted by molar-refractivity contribution is 0.211. The van der Waals surface area contributed by atoms with E-state index in [0.29, 0.717) is 11.8 Å². The van der Waals surface area contributed by atoms with Gasteiger partial charge in [0.15, 0.2) is 0 Å². The molecule has 5 nitrogen and oxygen atoms in total. The van der Waals surface area contributed by atoms with Crippen LogP contribution in [0, 0.1) is 0 Å². The molecule has 148 valence electrons. The first-order valence-electron chi connectivity index (χ1n) is 10.3. The van der Waals surface area contributed by atoms with Gasteiger partial charge in [-0.2, -0.15) is 0 Å². The van der Waals surface area contributed by atoms with E-state index < -0.39 is 6.09 Å². The maximum absolute atomic E-state index is 11.0. The molecule has 3 N–H and O–H groups in total. The van der Waals surface area contributed by atoms with Gasteiger partial charge < -0.3 is 20.5 Å². The third-order valence-electron chi connectivity index (χ3n) is 5.71. The van der Waals surface area contributed by atoms with Gasteiger partial charge in [0, 0.05) is 12.6 Å². The monoisotopic (exact) mass is 380 g/mol. The number of carbonyl (C=O) groups excluding carboxylic acids is 1. The van der Waals surface area contributed by atoms with Crippen molar-refractivity contribution in [1.29, 1.82) is 0 Å². The number of nitrogens with two attached hydrogens (primary N) is 1. The average molecular weight is 380 g/mol. The van der Waals surface area contributed by atoms with Crippen molar-refractivity contribution in [2.24, 2.45) is 5.73 Å². The van der Waals surface area contributed by atoms with Crippen LogP contribution in [0.2, 0.25) is 0 Å². The molecule has 0 aromatic heterocycles. The highest BCUT2D eigenvalue weighted by Gasteiger charge is 2.17. The zero-order chi connectivity index (χ0) is 19.3. The fourth-order valence-electron chi connectivity index (χ4n) is 4.20. The van der Waals surface area contributed by atoms with Crippen LogP contribution >= 0.6 is 0 Å². The van der Waals surface area contributed by atoms with E-state index in [1.165, 1.54) is 49.7 Å². The topological polar surface area (TPSA) is 73.6 Å². The lowest BCUT2D eigenvalue weighted by atomic mass is 10.0. The Bertz CT molecular complexity index is 842. The minimum atomic E-state index is -0.802. The number of nitrogens with one attached hydrogen (secondary N) is 1. The number of amides is 1. The maximum atomic E-state index is 11.0. The summed E-state index contributed by atoms with van der Waals surface area (Å²) in [5, 5.41) is 3.74. The van der Waals surface area contributed by atoms with Gasteiger partial charge in [0.1, 0.15) is 17.2 Å². The van der Waals surface area contributed by atoms with Crippen LogP contribution in [-0.2, 0) is 19.4 Å². The number of hydrogen-bond donors (Lipinski definition) is 2. The summed E-state index contributed by atoms with van der Waals surface area (Å²) in [5.41, 5.74) is 8.65. The van der Waals surface area contributed by atoms with Gasteiger partial charge in [0.2, 0.25) is 0 Å². The lowest BCUT2D eigenvalue weighted by Gasteiger charge is -2.17. The summed E-state index contributed by atoms with van der Waals surface area (Å²) in [6, 6.07) is 12.5. The molecule has 0 saturated heterocycles. The summed E-state index contributed by atoms with van der Waals surface area (Å²) in [5.74, 6) is 2.16. The fourth-order valence-corrected chi connectivity index (χ4v) is 4.20. The van der Waals surface area contributed by atoms with Crippen molar-refractivity contribution in [2.75, 3.05) is 0 Å². The second-order valence-electron chi connectivity index (χ2n) is 7.80. The normalized spacial score (nSPS) is 16.9. The highest BCUT2D eigenvalue weighted by molar-refractivity contribution is 5.68. The van der Waals surface area contributed by atoms with Crippen LogP contribution in [0.5, 0.6) is 17.2 Å². The highest BCUT2D eigenvalue weighted by Crippen LogP contribution is 2.36. The van der Waals surface area contributed by atoms with Gasteiger partial charge in [-0.15, -0.1) is 0 Å². The van der Waals surface area contributed by atoms with E-state index in [2.05, 4.69) is 23.5 Å². The molecule has 1 heterocycles. The summed E-state index contributed by atoms with van der Waals surface area (Å²) in [7, 11) is 0. The molecule has 4 rings (SSSR count). The van der Waals surface area contributed by atoms with Gasteiger partial charge in [0.25, 0.3) is 0 Å². The van der Waals surface area contributed by atoms with E-state index >= 15 is 0 Å². The number of rotatable bonds is 4. The standard InChI is InChI=1S/C23H28N2O3/c24-23(26)27-20-10-12-22-18(14-20)9-8-17-13-16(7-11-21(17)28-22)15-25-19-5-3-1-2-4-6-19/h7,10-14,19,25H,1-6,8-9,15H2,(H2,24,26). The molecule has 0 spiro atoms. The molecule has 1 aliphatic heterocycles. The smallest absolute Gasteiger partial charge is 0.409 e. The van der Waals surface area contributed by atoms with E-state index in [1.54, 1.807) is 6.07 Å². The molecule has 1 saturated carbocycles. The highest BCUT2D eigenvalue weighted by atomic mass is 16.5. The summed E-state index contributed by atoms with van der Waals surface area (Å²) >= 11 is 0. The first-order valence-corrected chi connectivity index (χ1v) is 10.3. The van der Waals surface area contributed by atoms with E-state index in [1.807, 2.05) is 12.1 Å². The molecule has 0 bridgehead atoms. The second kappa shape index (κ2) is 8.65.